The fourth-order valence-electron chi connectivity index (χ4n) is 2.99. The standard InChI is InChI=1S/C20H27N5O5S/c1-11(2)17(15-10-12(3)13(4)29-15)22-20-19(23-30-24-20)21-14-8-7-9-16(18(14)26)31(27,28)25(5)6/h7-11,17,26H,1-6H3,(H,21,23)(H,22,24)/t17-/m1/s1. The van der Waals surface area contributed by atoms with Crippen LogP contribution in [-0.2, 0) is 10.0 Å². The van der Waals surface area contributed by atoms with Gasteiger partial charge in [0.1, 0.15) is 16.4 Å². The summed E-state index contributed by atoms with van der Waals surface area (Å²) in [7, 11) is -1.05. The van der Waals surface area contributed by atoms with Gasteiger partial charge in [-0.05, 0) is 53.8 Å². The van der Waals surface area contributed by atoms with Gasteiger partial charge in [-0.3, -0.25) is 0 Å². The van der Waals surface area contributed by atoms with Crippen molar-refractivity contribution in [3.05, 3.63) is 41.3 Å². The molecule has 2 heterocycles. The summed E-state index contributed by atoms with van der Waals surface area (Å²) >= 11 is 0. The lowest BCUT2D eigenvalue weighted by molar-refractivity contribution is 0.309. The summed E-state index contributed by atoms with van der Waals surface area (Å²) in [6.07, 6.45) is 0. The van der Waals surface area contributed by atoms with Crippen molar-refractivity contribution in [3.8, 4) is 5.75 Å². The average Bonchev–Trinajstić information content (AvgIpc) is 3.26. The number of phenols is 1. The molecule has 0 bridgehead atoms. The molecule has 0 saturated carbocycles. The zero-order valence-corrected chi connectivity index (χ0v) is 19.1. The zero-order valence-electron chi connectivity index (χ0n) is 18.3. The van der Waals surface area contributed by atoms with E-state index in [9.17, 15) is 13.5 Å². The third-order valence-electron chi connectivity index (χ3n) is 4.95. The molecule has 0 amide bonds. The van der Waals surface area contributed by atoms with Gasteiger partial charge in [0.25, 0.3) is 0 Å². The van der Waals surface area contributed by atoms with E-state index in [2.05, 4.69) is 20.9 Å². The summed E-state index contributed by atoms with van der Waals surface area (Å²) < 4.78 is 36.7. The third-order valence-corrected chi connectivity index (χ3v) is 6.80. The molecule has 0 unspecified atom stereocenters. The molecule has 0 fully saturated rings. The minimum atomic E-state index is -3.83. The fraction of sp³-hybridized carbons (Fsp3) is 0.400. The van der Waals surface area contributed by atoms with Crippen LogP contribution in [0.5, 0.6) is 5.75 Å². The monoisotopic (exact) mass is 449 g/mol. The molecular formula is C20H27N5O5S. The van der Waals surface area contributed by atoms with Gasteiger partial charge < -0.3 is 20.2 Å². The number of phenolic OH excluding ortho intramolecular Hbond substituents is 1. The van der Waals surface area contributed by atoms with Crippen molar-refractivity contribution in [1.82, 2.24) is 14.6 Å². The first kappa shape index (κ1) is 22.6. The smallest absolute Gasteiger partial charge is 0.246 e. The number of sulfonamides is 1. The fourth-order valence-corrected chi connectivity index (χ4v) is 3.99. The molecule has 3 aromatic rings. The van der Waals surface area contributed by atoms with E-state index in [1.165, 1.54) is 32.3 Å². The van der Waals surface area contributed by atoms with Gasteiger partial charge in [0.2, 0.25) is 21.7 Å². The summed E-state index contributed by atoms with van der Waals surface area (Å²) in [6, 6.07) is 6.13. The van der Waals surface area contributed by atoms with E-state index < -0.39 is 15.8 Å². The number of para-hydroxylation sites is 1. The van der Waals surface area contributed by atoms with Crippen molar-refractivity contribution >= 4 is 27.3 Å². The van der Waals surface area contributed by atoms with Crippen LogP contribution in [0.1, 0.15) is 37.0 Å². The second-order valence-electron chi connectivity index (χ2n) is 7.78. The Bertz CT molecular complexity index is 1150. The number of hydrogen-bond donors (Lipinski definition) is 3. The van der Waals surface area contributed by atoms with Gasteiger partial charge in [0, 0.05) is 14.1 Å². The SMILES string of the molecule is Cc1cc([C@H](Nc2nonc2Nc2cccc(S(=O)(=O)N(C)C)c2O)C(C)C)oc1C. The van der Waals surface area contributed by atoms with Gasteiger partial charge in [-0.15, -0.1) is 0 Å². The van der Waals surface area contributed by atoms with Crippen molar-refractivity contribution in [2.75, 3.05) is 24.7 Å². The van der Waals surface area contributed by atoms with E-state index in [4.69, 9.17) is 9.05 Å². The van der Waals surface area contributed by atoms with Crippen LogP contribution in [0.15, 0.2) is 38.2 Å². The zero-order chi connectivity index (χ0) is 22.9. The number of hydrogen-bond acceptors (Lipinski definition) is 9. The number of aromatic nitrogens is 2. The van der Waals surface area contributed by atoms with Crippen molar-refractivity contribution in [2.24, 2.45) is 5.92 Å². The lowest BCUT2D eigenvalue weighted by atomic mass is 10.0. The average molecular weight is 450 g/mol. The van der Waals surface area contributed by atoms with Crippen molar-refractivity contribution in [3.63, 3.8) is 0 Å². The number of benzene rings is 1. The van der Waals surface area contributed by atoms with Gasteiger partial charge in [-0.25, -0.2) is 17.4 Å². The maximum absolute atomic E-state index is 12.5. The van der Waals surface area contributed by atoms with E-state index in [0.717, 1.165) is 21.4 Å². The van der Waals surface area contributed by atoms with Crippen LogP contribution in [0.2, 0.25) is 0 Å². The minimum absolute atomic E-state index is 0.146. The van der Waals surface area contributed by atoms with E-state index in [1.54, 1.807) is 0 Å². The molecule has 0 aliphatic rings. The molecule has 0 aliphatic heterocycles. The summed E-state index contributed by atoms with van der Waals surface area (Å²) in [4.78, 5) is -0.227. The van der Waals surface area contributed by atoms with Crippen molar-refractivity contribution in [2.45, 2.75) is 38.6 Å². The van der Waals surface area contributed by atoms with Crippen LogP contribution in [-0.4, -0.2) is 42.2 Å². The number of anilines is 3. The summed E-state index contributed by atoms with van der Waals surface area (Å²) in [5.74, 6) is 1.80. The van der Waals surface area contributed by atoms with E-state index in [0.29, 0.717) is 5.82 Å². The minimum Gasteiger partial charge on any atom is -0.504 e. The Morgan fingerprint density at radius 2 is 1.81 bits per heavy atom. The Morgan fingerprint density at radius 1 is 1.13 bits per heavy atom. The van der Waals surface area contributed by atoms with Crippen LogP contribution in [0.25, 0.3) is 0 Å². The molecule has 0 saturated heterocycles. The predicted molar refractivity (Wildman–Crippen MR) is 116 cm³/mol. The van der Waals surface area contributed by atoms with Crippen LogP contribution in [0, 0.1) is 19.8 Å². The van der Waals surface area contributed by atoms with Crippen molar-refractivity contribution < 1.29 is 22.6 Å². The molecule has 2 aromatic heterocycles. The van der Waals surface area contributed by atoms with Gasteiger partial charge in [0.15, 0.2) is 5.75 Å². The molecule has 10 nitrogen and oxygen atoms in total. The number of nitrogens with zero attached hydrogens (tertiary/aromatic N) is 3. The molecule has 3 rings (SSSR count). The Hall–Kier alpha value is -3.05. The number of rotatable bonds is 8. The first-order valence-electron chi connectivity index (χ1n) is 9.70. The summed E-state index contributed by atoms with van der Waals surface area (Å²) in [6.45, 7) is 7.94. The summed E-state index contributed by atoms with van der Waals surface area (Å²) in [5, 5.41) is 24.5. The molecule has 0 spiro atoms. The second kappa shape index (κ2) is 8.60. The van der Waals surface area contributed by atoms with Gasteiger partial charge in [-0.2, -0.15) is 0 Å². The predicted octanol–water partition coefficient (Wildman–Crippen LogP) is 3.79. The normalized spacial score (nSPS) is 13.0. The Labute approximate surface area is 181 Å². The van der Waals surface area contributed by atoms with E-state index in [1.807, 2.05) is 33.8 Å². The number of furan rings is 1. The molecule has 31 heavy (non-hydrogen) atoms. The van der Waals surface area contributed by atoms with Gasteiger partial charge in [0.05, 0.1) is 11.7 Å². The molecule has 0 aliphatic carbocycles. The van der Waals surface area contributed by atoms with Crippen LogP contribution < -0.4 is 10.6 Å². The maximum atomic E-state index is 12.5. The second-order valence-corrected chi connectivity index (χ2v) is 9.90. The third kappa shape index (κ3) is 4.52. The number of aryl methyl sites for hydroxylation is 2. The molecular weight excluding hydrogens is 422 g/mol. The highest BCUT2D eigenvalue weighted by molar-refractivity contribution is 7.89. The lowest BCUT2D eigenvalue weighted by Gasteiger charge is -2.20. The molecule has 1 aromatic carbocycles. The lowest BCUT2D eigenvalue weighted by Crippen LogP contribution is -2.22. The van der Waals surface area contributed by atoms with E-state index in [-0.39, 0.29) is 28.4 Å². The van der Waals surface area contributed by atoms with Gasteiger partial charge >= 0.3 is 0 Å². The molecule has 11 heteroatoms. The first-order chi connectivity index (χ1) is 14.5. The van der Waals surface area contributed by atoms with Gasteiger partial charge in [-0.1, -0.05) is 19.9 Å². The maximum Gasteiger partial charge on any atom is 0.246 e. The van der Waals surface area contributed by atoms with E-state index >= 15 is 0 Å². The number of aromatic hydroxyl groups is 1. The van der Waals surface area contributed by atoms with Crippen LogP contribution in [0.4, 0.5) is 17.3 Å². The molecule has 3 N–H and O–H groups in total. The van der Waals surface area contributed by atoms with Crippen LogP contribution in [0.3, 0.4) is 0 Å². The molecule has 0 radical (unpaired) electrons. The Kier molecular flexibility index (Phi) is 6.27. The summed E-state index contributed by atoms with van der Waals surface area (Å²) in [5.41, 5.74) is 1.19. The molecule has 1 atom stereocenters. The first-order valence-corrected chi connectivity index (χ1v) is 11.1. The van der Waals surface area contributed by atoms with Crippen molar-refractivity contribution in [1.29, 1.82) is 0 Å². The largest absolute Gasteiger partial charge is 0.504 e. The Balaban J connectivity index is 1.91. The Morgan fingerprint density at radius 3 is 2.39 bits per heavy atom. The topological polar surface area (TPSA) is 134 Å². The highest BCUT2D eigenvalue weighted by atomic mass is 32.2. The number of nitrogens with one attached hydrogen (secondary N) is 2. The quantitative estimate of drug-likeness (QED) is 0.439. The van der Waals surface area contributed by atoms with Crippen LogP contribution >= 0.6 is 0 Å². The highest BCUT2D eigenvalue weighted by Crippen LogP contribution is 2.36. The highest BCUT2D eigenvalue weighted by Gasteiger charge is 2.26. The molecule has 168 valence electrons.